The van der Waals surface area contributed by atoms with Crippen molar-refractivity contribution in [2.75, 3.05) is 13.7 Å². The molecule has 1 atom stereocenters. The highest BCUT2D eigenvalue weighted by Crippen LogP contribution is 2.22. The molecule has 0 aliphatic heterocycles. The average molecular weight is 348 g/mol. The Kier molecular flexibility index (Phi) is 7.15. The van der Waals surface area contributed by atoms with E-state index in [4.69, 9.17) is 4.74 Å². The van der Waals surface area contributed by atoms with Gasteiger partial charge in [0.1, 0.15) is 6.04 Å². The molecule has 1 rings (SSSR count). The van der Waals surface area contributed by atoms with Gasteiger partial charge in [0.25, 0.3) is 11.8 Å². The van der Waals surface area contributed by atoms with Crippen molar-refractivity contribution in [1.82, 2.24) is 10.6 Å². The van der Waals surface area contributed by atoms with E-state index in [1.165, 1.54) is 7.05 Å². The summed E-state index contributed by atoms with van der Waals surface area (Å²) < 4.78 is 4.95. The highest BCUT2D eigenvalue weighted by molar-refractivity contribution is 5.97. The number of carbonyl (C=O) groups is 3. The number of ether oxygens (including phenoxy) is 1. The molecule has 0 bridgehead atoms. The number of benzene rings is 1. The van der Waals surface area contributed by atoms with Crippen LogP contribution in [0.5, 0.6) is 0 Å². The third-order valence-corrected chi connectivity index (χ3v) is 3.84. The van der Waals surface area contributed by atoms with Crippen LogP contribution >= 0.6 is 0 Å². The molecule has 1 aromatic carbocycles. The first kappa shape index (κ1) is 20.7. The predicted octanol–water partition coefficient (Wildman–Crippen LogP) is 2.03. The fraction of sp³-hybridized carbons (Fsp3) is 0.526. The highest BCUT2D eigenvalue weighted by Gasteiger charge is 2.26. The zero-order chi connectivity index (χ0) is 19.2. The Labute approximate surface area is 149 Å². The largest absolute Gasteiger partial charge is 0.454 e. The van der Waals surface area contributed by atoms with E-state index in [-0.39, 0.29) is 23.8 Å². The van der Waals surface area contributed by atoms with E-state index in [1.54, 1.807) is 26.0 Å². The summed E-state index contributed by atoms with van der Waals surface area (Å²) in [5, 5.41) is 5.06. The minimum atomic E-state index is -0.820. The quantitative estimate of drug-likeness (QED) is 0.771. The number of likely N-dealkylation sites (N-methyl/N-ethyl adjacent to an activating group) is 1. The summed E-state index contributed by atoms with van der Waals surface area (Å²) in [4.78, 5) is 35.8. The number of rotatable bonds is 6. The van der Waals surface area contributed by atoms with Gasteiger partial charge in [0.05, 0.1) is 0 Å². The first-order valence-corrected chi connectivity index (χ1v) is 8.35. The Morgan fingerprint density at radius 3 is 2.08 bits per heavy atom. The van der Waals surface area contributed by atoms with Gasteiger partial charge in [-0.15, -0.1) is 0 Å². The van der Waals surface area contributed by atoms with Crippen LogP contribution in [0.3, 0.4) is 0 Å². The topological polar surface area (TPSA) is 84.5 Å². The smallest absolute Gasteiger partial charge is 0.329 e. The molecule has 6 nitrogen and oxygen atoms in total. The van der Waals surface area contributed by atoms with E-state index >= 15 is 0 Å². The molecular formula is C19H28N2O4. The summed E-state index contributed by atoms with van der Waals surface area (Å²) in [7, 11) is 1.46. The molecule has 1 aromatic rings. The summed E-state index contributed by atoms with van der Waals surface area (Å²) in [6.45, 7) is 9.52. The van der Waals surface area contributed by atoms with Crippen LogP contribution in [0.15, 0.2) is 24.3 Å². The van der Waals surface area contributed by atoms with Crippen molar-refractivity contribution >= 4 is 17.8 Å². The SMILES string of the molecule is CNC(=O)COC(=O)[C@@H](NC(=O)c1ccc(C(C)(C)C)cc1)C(C)C. The molecular weight excluding hydrogens is 320 g/mol. The Balaban J connectivity index is 2.79. The lowest BCUT2D eigenvalue weighted by Crippen LogP contribution is -2.46. The van der Waals surface area contributed by atoms with Gasteiger partial charge in [0, 0.05) is 12.6 Å². The number of hydrogen-bond donors (Lipinski definition) is 2. The molecule has 2 amide bonds. The number of nitrogens with one attached hydrogen (secondary N) is 2. The number of carbonyl (C=O) groups excluding carboxylic acids is 3. The molecule has 0 saturated carbocycles. The summed E-state index contributed by atoms with van der Waals surface area (Å²) in [6, 6.07) is 6.47. The summed E-state index contributed by atoms with van der Waals surface area (Å²) in [6.07, 6.45) is 0. The zero-order valence-corrected chi connectivity index (χ0v) is 15.8. The number of amides is 2. The minimum absolute atomic E-state index is 0.000862. The molecule has 138 valence electrons. The van der Waals surface area contributed by atoms with E-state index in [1.807, 2.05) is 12.1 Å². The van der Waals surface area contributed by atoms with Crippen molar-refractivity contribution in [3.63, 3.8) is 0 Å². The van der Waals surface area contributed by atoms with E-state index < -0.39 is 17.9 Å². The first-order chi connectivity index (χ1) is 11.6. The van der Waals surface area contributed by atoms with E-state index in [9.17, 15) is 14.4 Å². The van der Waals surface area contributed by atoms with Gasteiger partial charge in [0.15, 0.2) is 6.61 Å². The molecule has 0 fully saturated rings. The van der Waals surface area contributed by atoms with Gasteiger partial charge >= 0.3 is 5.97 Å². The van der Waals surface area contributed by atoms with Crippen LogP contribution in [0, 0.1) is 5.92 Å². The molecule has 0 aromatic heterocycles. The molecule has 2 N–H and O–H groups in total. The predicted molar refractivity (Wildman–Crippen MR) is 96.3 cm³/mol. The summed E-state index contributed by atoms with van der Waals surface area (Å²) in [5.74, 6) is -1.55. The number of esters is 1. The van der Waals surface area contributed by atoms with Gasteiger partial charge in [-0.3, -0.25) is 9.59 Å². The Morgan fingerprint density at radius 2 is 1.64 bits per heavy atom. The fourth-order valence-electron chi connectivity index (χ4n) is 2.14. The first-order valence-electron chi connectivity index (χ1n) is 8.35. The Bertz CT molecular complexity index is 615. The number of hydrogen-bond acceptors (Lipinski definition) is 4. The van der Waals surface area contributed by atoms with Crippen molar-refractivity contribution < 1.29 is 19.1 Å². The van der Waals surface area contributed by atoms with E-state index in [0.717, 1.165) is 5.56 Å². The maximum Gasteiger partial charge on any atom is 0.329 e. The molecule has 0 aliphatic carbocycles. The second-order valence-corrected chi connectivity index (χ2v) is 7.30. The monoisotopic (exact) mass is 348 g/mol. The Morgan fingerprint density at radius 1 is 1.08 bits per heavy atom. The molecule has 0 spiro atoms. The Hall–Kier alpha value is -2.37. The molecule has 0 radical (unpaired) electrons. The third kappa shape index (κ3) is 6.21. The van der Waals surface area contributed by atoms with Gasteiger partial charge in [-0.05, 0) is 29.0 Å². The zero-order valence-electron chi connectivity index (χ0n) is 15.8. The minimum Gasteiger partial charge on any atom is -0.454 e. The van der Waals surface area contributed by atoms with Crippen LogP contribution < -0.4 is 10.6 Å². The van der Waals surface area contributed by atoms with Crippen molar-refractivity contribution in [2.45, 2.75) is 46.1 Å². The van der Waals surface area contributed by atoms with Crippen molar-refractivity contribution in [3.05, 3.63) is 35.4 Å². The molecule has 0 heterocycles. The van der Waals surface area contributed by atoms with E-state index in [2.05, 4.69) is 31.4 Å². The normalized spacial score (nSPS) is 12.4. The van der Waals surface area contributed by atoms with Gasteiger partial charge in [-0.25, -0.2) is 4.79 Å². The van der Waals surface area contributed by atoms with Crippen LogP contribution in [0.1, 0.15) is 50.5 Å². The van der Waals surface area contributed by atoms with Crippen LogP contribution in [0.4, 0.5) is 0 Å². The lowest BCUT2D eigenvalue weighted by Gasteiger charge is -2.21. The van der Waals surface area contributed by atoms with Gasteiger partial charge < -0.3 is 15.4 Å². The van der Waals surface area contributed by atoms with Gasteiger partial charge in [-0.1, -0.05) is 46.8 Å². The van der Waals surface area contributed by atoms with Crippen molar-refractivity contribution in [2.24, 2.45) is 5.92 Å². The van der Waals surface area contributed by atoms with E-state index in [0.29, 0.717) is 5.56 Å². The van der Waals surface area contributed by atoms with Gasteiger partial charge in [-0.2, -0.15) is 0 Å². The second kappa shape index (κ2) is 8.65. The maximum atomic E-state index is 12.4. The molecule has 6 heteroatoms. The average Bonchev–Trinajstić information content (AvgIpc) is 2.55. The van der Waals surface area contributed by atoms with Crippen LogP contribution in [-0.4, -0.2) is 37.5 Å². The van der Waals surface area contributed by atoms with Crippen LogP contribution in [0.2, 0.25) is 0 Å². The van der Waals surface area contributed by atoms with Crippen molar-refractivity contribution in [3.8, 4) is 0 Å². The lowest BCUT2D eigenvalue weighted by atomic mass is 9.86. The summed E-state index contributed by atoms with van der Waals surface area (Å²) in [5.41, 5.74) is 1.59. The van der Waals surface area contributed by atoms with Crippen molar-refractivity contribution in [1.29, 1.82) is 0 Å². The fourth-order valence-corrected chi connectivity index (χ4v) is 2.14. The standard InChI is InChI=1S/C19H28N2O4/c1-12(2)16(18(24)25-11-15(22)20-6)21-17(23)13-7-9-14(10-8-13)19(3,4)5/h7-10,12,16H,11H2,1-6H3,(H,20,22)(H,21,23)/t16-/m0/s1. The second-order valence-electron chi connectivity index (χ2n) is 7.30. The molecule has 0 aliphatic rings. The maximum absolute atomic E-state index is 12.4. The third-order valence-electron chi connectivity index (χ3n) is 3.84. The molecule has 25 heavy (non-hydrogen) atoms. The van der Waals surface area contributed by atoms with Crippen LogP contribution in [-0.2, 0) is 19.7 Å². The summed E-state index contributed by atoms with van der Waals surface area (Å²) >= 11 is 0. The highest BCUT2D eigenvalue weighted by atomic mass is 16.5. The lowest BCUT2D eigenvalue weighted by molar-refractivity contribution is -0.151. The molecule has 0 unspecified atom stereocenters. The molecule has 0 saturated heterocycles. The van der Waals surface area contributed by atoms with Crippen LogP contribution in [0.25, 0.3) is 0 Å². The van der Waals surface area contributed by atoms with Gasteiger partial charge in [0.2, 0.25) is 0 Å².